The molecule has 0 spiro atoms. The third kappa shape index (κ3) is 4.86. The van der Waals surface area contributed by atoms with Crippen LogP contribution in [0.4, 0.5) is 0 Å². The van der Waals surface area contributed by atoms with Gasteiger partial charge in [0.2, 0.25) is 27.6 Å². The van der Waals surface area contributed by atoms with Gasteiger partial charge in [0.1, 0.15) is 0 Å². The SMILES string of the molecule is NS(=O)(=O)C[C@@H]1CCN(C(=O)CCc2nc(-c3ccccc3)no2)C1. The van der Waals surface area contributed by atoms with Crippen molar-refractivity contribution >= 4 is 15.9 Å². The van der Waals surface area contributed by atoms with Gasteiger partial charge in [-0.05, 0) is 12.3 Å². The van der Waals surface area contributed by atoms with Gasteiger partial charge >= 0.3 is 0 Å². The number of carbonyl (C=O) groups excluding carboxylic acids is 1. The number of benzene rings is 1. The number of nitrogens with two attached hydrogens (primary N) is 1. The van der Waals surface area contributed by atoms with Crippen molar-refractivity contribution in [1.82, 2.24) is 15.0 Å². The number of aromatic nitrogens is 2. The monoisotopic (exact) mass is 364 g/mol. The second-order valence-electron chi connectivity index (χ2n) is 6.20. The minimum absolute atomic E-state index is 0.0450. The van der Waals surface area contributed by atoms with Crippen LogP contribution in [0.5, 0.6) is 0 Å². The number of amides is 1. The van der Waals surface area contributed by atoms with E-state index in [4.69, 9.17) is 9.66 Å². The first-order chi connectivity index (χ1) is 11.9. The number of hydrogen-bond acceptors (Lipinski definition) is 6. The Morgan fingerprint density at radius 3 is 2.80 bits per heavy atom. The molecule has 3 rings (SSSR count). The van der Waals surface area contributed by atoms with Crippen LogP contribution in [0.2, 0.25) is 0 Å². The molecule has 1 aromatic heterocycles. The van der Waals surface area contributed by atoms with Gasteiger partial charge in [0.25, 0.3) is 0 Å². The van der Waals surface area contributed by atoms with Crippen molar-refractivity contribution in [3.8, 4) is 11.4 Å². The number of hydrogen-bond donors (Lipinski definition) is 1. The summed E-state index contributed by atoms with van der Waals surface area (Å²) in [4.78, 5) is 18.2. The van der Waals surface area contributed by atoms with Gasteiger partial charge < -0.3 is 9.42 Å². The molecule has 1 aliphatic heterocycles. The van der Waals surface area contributed by atoms with Crippen molar-refractivity contribution in [3.63, 3.8) is 0 Å². The molecule has 0 aliphatic carbocycles. The second kappa shape index (κ2) is 7.32. The highest BCUT2D eigenvalue weighted by Gasteiger charge is 2.28. The Morgan fingerprint density at radius 2 is 2.08 bits per heavy atom. The summed E-state index contributed by atoms with van der Waals surface area (Å²) in [5.74, 6) is 0.689. The lowest BCUT2D eigenvalue weighted by Crippen LogP contribution is -2.31. The molecule has 134 valence electrons. The van der Waals surface area contributed by atoms with E-state index in [0.717, 1.165) is 5.56 Å². The predicted molar refractivity (Wildman–Crippen MR) is 90.7 cm³/mol. The molecule has 0 radical (unpaired) electrons. The van der Waals surface area contributed by atoms with E-state index in [2.05, 4.69) is 10.1 Å². The molecule has 1 amide bonds. The molecule has 0 unspecified atom stereocenters. The zero-order valence-electron chi connectivity index (χ0n) is 13.7. The summed E-state index contributed by atoms with van der Waals surface area (Å²) in [6.07, 6.45) is 1.26. The topological polar surface area (TPSA) is 119 Å². The van der Waals surface area contributed by atoms with Crippen LogP contribution in [-0.2, 0) is 21.2 Å². The van der Waals surface area contributed by atoms with Crippen molar-refractivity contribution < 1.29 is 17.7 Å². The van der Waals surface area contributed by atoms with E-state index in [1.807, 2.05) is 30.3 Å². The molecule has 0 bridgehead atoms. The van der Waals surface area contributed by atoms with Crippen LogP contribution < -0.4 is 5.14 Å². The summed E-state index contributed by atoms with van der Waals surface area (Å²) in [5, 5.41) is 8.99. The lowest BCUT2D eigenvalue weighted by molar-refractivity contribution is -0.130. The first-order valence-electron chi connectivity index (χ1n) is 8.07. The van der Waals surface area contributed by atoms with Crippen molar-refractivity contribution in [2.24, 2.45) is 11.1 Å². The Kier molecular flexibility index (Phi) is 5.14. The first kappa shape index (κ1) is 17.6. The molecule has 2 heterocycles. The molecule has 1 atom stereocenters. The van der Waals surface area contributed by atoms with Gasteiger partial charge in [-0.3, -0.25) is 4.79 Å². The van der Waals surface area contributed by atoms with Crippen molar-refractivity contribution in [1.29, 1.82) is 0 Å². The fraction of sp³-hybridized carbons (Fsp3) is 0.438. The smallest absolute Gasteiger partial charge is 0.227 e. The number of likely N-dealkylation sites (tertiary alicyclic amines) is 1. The van der Waals surface area contributed by atoms with Crippen LogP contribution in [0.1, 0.15) is 18.7 Å². The summed E-state index contributed by atoms with van der Waals surface area (Å²) in [7, 11) is -3.51. The Hall–Kier alpha value is -2.26. The third-order valence-corrected chi connectivity index (χ3v) is 5.10. The zero-order chi connectivity index (χ0) is 17.9. The molecule has 2 N–H and O–H groups in total. The van der Waals surface area contributed by atoms with Crippen LogP contribution in [0, 0.1) is 5.92 Å². The van der Waals surface area contributed by atoms with Gasteiger partial charge in [-0.25, -0.2) is 13.6 Å². The highest BCUT2D eigenvalue weighted by molar-refractivity contribution is 7.89. The minimum Gasteiger partial charge on any atom is -0.342 e. The van der Waals surface area contributed by atoms with Crippen LogP contribution in [0.25, 0.3) is 11.4 Å². The summed E-state index contributed by atoms with van der Waals surface area (Å²) < 4.78 is 27.5. The highest BCUT2D eigenvalue weighted by atomic mass is 32.2. The van der Waals surface area contributed by atoms with Gasteiger partial charge in [0.15, 0.2) is 0 Å². The number of nitrogens with zero attached hydrogens (tertiary/aromatic N) is 3. The third-order valence-electron chi connectivity index (χ3n) is 4.16. The maximum atomic E-state index is 12.3. The van der Waals surface area contributed by atoms with E-state index >= 15 is 0 Å². The quantitative estimate of drug-likeness (QED) is 0.810. The Morgan fingerprint density at radius 1 is 1.32 bits per heavy atom. The fourth-order valence-electron chi connectivity index (χ4n) is 2.96. The van der Waals surface area contributed by atoms with Crippen LogP contribution in [-0.4, -0.2) is 48.2 Å². The molecule has 25 heavy (non-hydrogen) atoms. The van der Waals surface area contributed by atoms with Gasteiger partial charge in [-0.2, -0.15) is 4.98 Å². The number of rotatable bonds is 6. The molecular weight excluding hydrogens is 344 g/mol. The second-order valence-corrected chi connectivity index (χ2v) is 7.86. The maximum Gasteiger partial charge on any atom is 0.227 e. The molecule has 2 aromatic rings. The normalized spacial score (nSPS) is 17.8. The predicted octanol–water partition coefficient (Wildman–Crippen LogP) is 0.806. The number of primary sulfonamides is 1. The summed E-state index contributed by atoms with van der Waals surface area (Å²) >= 11 is 0. The van der Waals surface area contributed by atoms with Crippen molar-refractivity contribution in [2.45, 2.75) is 19.3 Å². The standard InChI is InChI=1S/C16H20N4O4S/c17-25(22,23)11-12-8-9-20(10-12)15(21)7-6-14-18-16(19-24-14)13-4-2-1-3-5-13/h1-5,12H,6-11H2,(H2,17,22,23)/t12-/m1/s1. The summed E-state index contributed by atoms with van der Waals surface area (Å²) in [6, 6.07) is 9.45. The molecule has 1 aromatic carbocycles. The first-order valence-corrected chi connectivity index (χ1v) is 9.78. The molecule has 1 aliphatic rings. The van der Waals surface area contributed by atoms with Gasteiger partial charge in [-0.15, -0.1) is 0 Å². The lowest BCUT2D eigenvalue weighted by atomic mass is 10.2. The number of sulfonamides is 1. The van der Waals surface area contributed by atoms with Gasteiger partial charge in [0.05, 0.1) is 5.75 Å². The molecule has 9 heteroatoms. The average molecular weight is 364 g/mol. The van der Waals surface area contributed by atoms with E-state index in [0.29, 0.717) is 37.6 Å². The van der Waals surface area contributed by atoms with Gasteiger partial charge in [0, 0.05) is 31.5 Å². The van der Waals surface area contributed by atoms with Crippen molar-refractivity contribution in [3.05, 3.63) is 36.2 Å². The molecular formula is C16H20N4O4S. The summed E-state index contributed by atoms with van der Waals surface area (Å²) in [5.41, 5.74) is 0.856. The van der Waals surface area contributed by atoms with Crippen LogP contribution in [0.3, 0.4) is 0 Å². The van der Waals surface area contributed by atoms with Crippen LogP contribution >= 0.6 is 0 Å². The lowest BCUT2D eigenvalue weighted by Gasteiger charge is -2.15. The molecule has 8 nitrogen and oxygen atoms in total. The van der Waals surface area contributed by atoms with E-state index in [1.165, 1.54) is 0 Å². The number of carbonyl (C=O) groups is 1. The maximum absolute atomic E-state index is 12.3. The number of aryl methyl sites for hydroxylation is 1. The van der Waals surface area contributed by atoms with Crippen LogP contribution in [0.15, 0.2) is 34.9 Å². The molecule has 1 fully saturated rings. The average Bonchev–Trinajstić information content (AvgIpc) is 3.21. The minimum atomic E-state index is -3.51. The Bertz CT molecular complexity index is 835. The fourth-order valence-corrected chi connectivity index (χ4v) is 3.89. The molecule has 0 saturated carbocycles. The summed E-state index contributed by atoms with van der Waals surface area (Å²) in [6.45, 7) is 0.979. The van der Waals surface area contributed by atoms with E-state index < -0.39 is 10.0 Å². The van der Waals surface area contributed by atoms with Crippen molar-refractivity contribution in [2.75, 3.05) is 18.8 Å². The van der Waals surface area contributed by atoms with Gasteiger partial charge in [-0.1, -0.05) is 35.5 Å². The Balaban J connectivity index is 1.51. The van der Waals surface area contributed by atoms with E-state index in [1.54, 1.807) is 4.90 Å². The zero-order valence-corrected chi connectivity index (χ0v) is 14.5. The van der Waals surface area contributed by atoms with E-state index in [-0.39, 0.29) is 24.0 Å². The highest BCUT2D eigenvalue weighted by Crippen LogP contribution is 2.19. The largest absolute Gasteiger partial charge is 0.342 e. The Labute approximate surface area is 146 Å². The molecule has 1 saturated heterocycles. The van der Waals surface area contributed by atoms with E-state index in [9.17, 15) is 13.2 Å².